The Morgan fingerprint density at radius 2 is 2.11 bits per heavy atom. The minimum Gasteiger partial charge on any atom is -0.336 e. The van der Waals surface area contributed by atoms with Gasteiger partial charge in [0, 0.05) is 30.6 Å². The molecule has 0 radical (unpaired) electrons. The molecule has 1 aliphatic heterocycles. The fourth-order valence-corrected chi connectivity index (χ4v) is 2.11. The highest BCUT2D eigenvalue weighted by molar-refractivity contribution is 6.30. The molecule has 6 heteroatoms. The number of nitrogens with one attached hydrogen (secondary N) is 1. The summed E-state index contributed by atoms with van der Waals surface area (Å²) < 4.78 is 0. The van der Waals surface area contributed by atoms with Crippen LogP contribution < -0.4 is 11.1 Å². The second-order valence-electron chi connectivity index (χ2n) is 4.49. The van der Waals surface area contributed by atoms with Crippen molar-refractivity contribution in [2.75, 3.05) is 13.1 Å². The lowest BCUT2D eigenvalue weighted by Gasteiger charge is -2.17. The largest absolute Gasteiger partial charge is 0.336 e. The summed E-state index contributed by atoms with van der Waals surface area (Å²) in [6.07, 6.45) is 1.17. The van der Waals surface area contributed by atoms with E-state index in [1.165, 1.54) is 4.90 Å². The third kappa shape index (κ3) is 3.45. The normalized spacial score (nSPS) is 16.5. The first-order valence-corrected chi connectivity index (χ1v) is 6.55. The van der Waals surface area contributed by atoms with Gasteiger partial charge >= 0.3 is 6.03 Å². The molecule has 102 valence electrons. The van der Waals surface area contributed by atoms with E-state index in [2.05, 4.69) is 5.32 Å². The highest BCUT2D eigenvalue weighted by Gasteiger charge is 2.26. The van der Waals surface area contributed by atoms with Gasteiger partial charge in [-0.25, -0.2) is 4.79 Å². The number of nitrogens with zero attached hydrogens (tertiary/aromatic N) is 1. The van der Waals surface area contributed by atoms with Crippen LogP contribution in [0.5, 0.6) is 0 Å². The van der Waals surface area contributed by atoms with Crippen molar-refractivity contribution in [2.24, 2.45) is 5.73 Å². The van der Waals surface area contributed by atoms with E-state index in [1.54, 1.807) is 12.1 Å². The van der Waals surface area contributed by atoms with Crippen LogP contribution in [0.25, 0.3) is 0 Å². The monoisotopic (exact) mass is 281 g/mol. The van der Waals surface area contributed by atoms with Crippen LogP contribution in [0.1, 0.15) is 24.4 Å². The van der Waals surface area contributed by atoms with Crippen molar-refractivity contribution in [3.05, 3.63) is 34.9 Å². The number of imide groups is 1. The molecule has 1 aliphatic rings. The predicted molar refractivity (Wildman–Crippen MR) is 72.7 cm³/mol. The second-order valence-corrected chi connectivity index (χ2v) is 4.93. The van der Waals surface area contributed by atoms with Crippen molar-refractivity contribution in [2.45, 2.75) is 18.9 Å². The van der Waals surface area contributed by atoms with Crippen LogP contribution in [0, 0.1) is 0 Å². The molecule has 1 atom stereocenters. The zero-order chi connectivity index (χ0) is 13.8. The molecule has 1 heterocycles. The molecule has 1 fully saturated rings. The molecule has 3 amide bonds. The Balaban J connectivity index is 1.86. The van der Waals surface area contributed by atoms with Crippen molar-refractivity contribution in [1.29, 1.82) is 0 Å². The maximum atomic E-state index is 11.8. The van der Waals surface area contributed by atoms with Crippen LogP contribution in [0.4, 0.5) is 4.79 Å². The SMILES string of the molecule is NC(CNC(=O)N1CCCC1=O)c1ccc(Cl)cc1. The molecule has 0 bridgehead atoms. The molecule has 2 rings (SSSR count). The number of benzene rings is 1. The second kappa shape index (κ2) is 6.04. The number of rotatable bonds is 3. The minimum atomic E-state index is -0.369. The van der Waals surface area contributed by atoms with E-state index in [9.17, 15) is 9.59 Å². The highest BCUT2D eigenvalue weighted by atomic mass is 35.5. The molecule has 1 saturated heterocycles. The average Bonchev–Trinajstić information content (AvgIpc) is 2.83. The Bertz CT molecular complexity index is 475. The minimum absolute atomic E-state index is 0.127. The van der Waals surface area contributed by atoms with Gasteiger partial charge in [-0.2, -0.15) is 0 Å². The molecular formula is C13H16ClN3O2. The van der Waals surface area contributed by atoms with Gasteiger partial charge in [0.05, 0.1) is 0 Å². The molecule has 1 aromatic rings. The van der Waals surface area contributed by atoms with Crippen molar-refractivity contribution < 1.29 is 9.59 Å². The Hall–Kier alpha value is -1.59. The number of urea groups is 1. The van der Waals surface area contributed by atoms with E-state index in [4.69, 9.17) is 17.3 Å². The molecular weight excluding hydrogens is 266 g/mol. The smallest absolute Gasteiger partial charge is 0.324 e. The van der Waals surface area contributed by atoms with E-state index in [1.807, 2.05) is 12.1 Å². The standard InChI is InChI=1S/C13H16ClN3O2/c14-10-5-3-9(4-6-10)11(15)8-16-13(19)17-7-1-2-12(17)18/h3-6,11H,1-2,7-8,15H2,(H,16,19). The first-order chi connectivity index (χ1) is 9.08. The molecule has 19 heavy (non-hydrogen) atoms. The van der Waals surface area contributed by atoms with Gasteiger partial charge in [0.1, 0.15) is 0 Å². The van der Waals surface area contributed by atoms with E-state index in [0.717, 1.165) is 12.0 Å². The number of amides is 3. The maximum absolute atomic E-state index is 11.8. The maximum Gasteiger partial charge on any atom is 0.324 e. The molecule has 3 N–H and O–H groups in total. The summed E-state index contributed by atoms with van der Waals surface area (Å²) in [6.45, 7) is 0.769. The summed E-state index contributed by atoms with van der Waals surface area (Å²) in [5.74, 6) is -0.127. The van der Waals surface area contributed by atoms with Crippen molar-refractivity contribution in [3.8, 4) is 0 Å². The number of likely N-dealkylation sites (tertiary alicyclic amines) is 1. The number of carbonyl (C=O) groups is 2. The quantitative estimate of drug-likeness (QED) is 0.885. The molecule has 5 nitrogen and oxygen atoms in total. The topological polar surface area (TPSA) is 75.4 Å². The fraction of sp³-hybridized carbons (Fsp3) is 0.385. The lowest BCUT2D eigenvalue weighted by atomic mass is 10.1. The van der Waals surface area contributed by atoms with Gasteiger partial charge in [-0.1, -0.05) is 23.7 Å². The summed E-state index contributed by atoms with van der Waals surface area (Å²) in [6, 6.07) is 6.46. The van der Waals surface area contributed by atoms with Gasteiger partial charge in [-0.15, -0.1) is 0 Å². The summed E-state index contributed by atoms with van der Waals surface area (Å²) in [4.78, 5) is 24.4. The van der Waals surface area contributed by atoms with E-state index < -0.39 is 0 Å². The van der Waals surface area contributed by atoms with Crippen LogP contribution >= 0.6 is 11.6 Å². The van der Waals surface area contributed by atoms with Gasteiger partial charge < -0.3 is 11.1 Å². The molecule has 0 spiro atoms. The summed E-state index contributed by atoms with van der Waals surface area (Å²) in [5, 5.41) is 3.32. The summed E-state index contributed by atoms with van der Waals surface area (Å²) >= 11 is 5.79. The van der Waals surface area contributed by atoms with Gasteiger partial charge in [-0.3, -0.25) is 9.69 Å². The van der Waals surface area contributed by atoms with E-state index >= 15 is 0 Å². The average molecular weight is 282 g/mol. The molecule has 0 saturated carbocycles. The first kappa shape index (κ1) is 13.8. The van der Waals surface area contributed by atoms with Crippen molar-refractivity contribution >= 4 is 23.5 Å². The number of hydrogen-bond donors (Lipinski definition) is 2. The Kier molecular flexibility index (Phi) is 4.39. The predicted octanol–water partition coefficient (Wildman–Crippen LogP) is 1.67. The number of hydrogen-bond acceptors (Lipinski definition) is 3. The van der Waals surface area contributed by atoms with Crippen LogP contribution in [0.3, 0.4) is 0 Å². The first-order valence-electron chi connectivity index (χ1n) is 6.17. The molecule has 1 unspecified atom stereocenters. The lowest BCUT2D eigenvalue weighted by Crippen LogP contribution is -2.43. The zero-order valence-corrected chi connectivity index (χ0v) is 11.2. The number of halogens is 1. The van der Waals surface area contributed by atoms with Gasteiger partial charge in [0.2, 0.25) is 5.91 Å². The van der Waals surface area contributed by atoms with Crippen LogP contribution in [0.2, 0.25) is 5.02 Å². The lowest BCUT2D eigenvalue weighted by molar-refractivity contribution is -0.125. The molecule has 0 aromatic heterocycles. The Labute approximate surface area is 116 Å². The van der Waals surface area contributed by atoms with E-state index in [-0.39, 0.29) is 24.5 Å². The summed E-state index contributed by atoms with van der Waals surface area (Å²) in [7, 11) is 0. The molecule has 1 aromatic carbocycles. The van der Waals surface area contributed by atoms with Gasteiger partial charge in [0.15, 0.2) is 0 Å². The molecule has 0 aliphatic carbocycles. The number of nitrogens with two attached hydrogens (primary N) is 1. The van der Waals surface area contributed by atoms with Crippen LogP contribution in [-0.2, 0) is 4.79 Å². The van der Waals surface area contributed by atoms with E-state index in [0.29, 0.717) is 18.0 Å². The number of carbonyl (C=O) groups excluding carboxylic acids is 2. The van der Waals surface area contributed by atoms with Crippen molar-refractivity contribution in [1.82, 2.24) is 10.2 Å². The van der Waals surface area contributed by atoms with Gasteiger partial charge in [-0.05, 0) is 24.1 Å². The van der Waals surface area contributed by atoms with Crippen LogP contribution in [-0.4, -0.2) is 29.9 Å². The third-order valence-electron chi connectivity index (χ3n) is 3.09. The Morgan fingerprint density at radius 1 is 1.42 bits per heavy atom. The third-order valence-corrected chi connectivity index (χ3v) is 3.34. The fourth-order valence-electron chi connectivity index (χ4n) is 1.98. The zero-order valence-electron chi connectivity index (χ0n) is 10.4. The highest BCUT2D eigenvalue weighted by Crippen LogP contribution is 2.14. The Morgan fingerprint density at radius 3 is 2.68 bits per heavy atom. The van der Waals surface area contributed by atoms with Gasteiger partial charge in [0.25, 0.3) is 0 Å². The van der Waals surface area contributed by atoms with Crippen molar-refractivity contribution in [3.63, 3.8) is 0 Å². The van der Waals surface area contributed by atoms with Crippen LogP contribution in [0.15, 0.2) is 24.3 Å². The summed E-state index contributed by atoms with van der Waals surface area (Å²) in [5.41, 5.74) is 6.85.